The Balaban J connectivity index is 1.14. The van der Waals surface area contributed by atoms with E-state index >= 15 is 0 Å². The van der Waals surface area contributed by atoms with Gasteiger partial charge in [-0.1, -0.05) is 36.4 Å². The molecule has 0 radical (unpaired) electrons. The molecule has 0 saturated carbocycles. The zero-order chi connectivity index (χ0) is 39.8. The van der Waals surface area contributed by atoms with E-state index in [1.807, 2.05) is 56.6 Å². The average molecular weight is 857 g/mol. The number of aromatic nitrogens is 5. The molecule has 0 atom stereocenters. The van der Waals surface area contributed by atoms with Crippen LogP contribution in [0.15, 0.2) is 121 Å². The van der Waals surface area contributed by atoms with Crippen LogP contribution >= 0.6 is 0 Å². The number of pyridine rings is 1. The van der Waals surface area contributed by atoms with Crippen LogP contribution in [0.25, 0.3) is 82.4 Å². The molecule has 0 N–H and O–H groups in total. The first-order valence-electron chi connectivity index (χ1n) is 19.8. The number of ether oxygens (including phenoxy) is 1. The predicted octanol–water partition coefficient (Wildman–Crippen LogP) is 10.7. The molecule has 11 aromatic rings. The van der Waals surface area contributed by atoms with E-state index in [0.29, 0.717) is 31.9 Å². The van der Waals surface area contributed by atoms with Gasteiger partial charge in [0, 0.05) is 27.7 Å². The Bertz CT molecular complexity index is 3570. The predicted molar refractivity (Wildman–Crippen MR) is 206 cm³/mol. The van der Waals surface area contributed by atoms with Crippen molar-refractivity contribution in [3.63, 3.8) is 0 Å². The van der Waals surface area contributed by atoms with Gasteiger partial charge in [0.05, 0.1) is 16.6 Å². The first-order chi connectivity index (χ1) is 27.9. The monoisotopic (exact) mass is 856 g/mol. The van der Waals surface area contributed by atoms with E-state index in [4.69, 9.17) is 17.9 Å². The molecule has 0 spiro atoms. The van der Waals surface area contributed by atoms with Gasteiger partial charge in [0.15, 0.2) is 0 Å². The molecule has 5 heterocycles. The Morgan fingerprint density at radius 2 is 1.46 bits per heavy atom. The number of rotatable bonds is 4. The molecule has 0 aliphatic rings. The van der Waals surface area contributed by atoms with Gasteiger partial charge in [-0.05, 0) is 24.6 Å². The van der Waals surface area contributed by atoms with Crippen LogP contribution in [0.4, 0.5) is 0 Å². The first kappa shape index (κ1) is 24.3. The van der Waals surface area contributed by atoms with Gasteiger partial charge in [-0.25, -0.2) is 0 Å². The minimum absolute atomic E-state index is 0.0159. The number of nitrogens with zero attached hydrogens (tertiary/aromatic N) is 5. The van der Waals surface area contributed by atoms with Gasteiger partial charge in [-0.15, -0.1) is 0 Å². The SMILES string of the molecule is [2H]C([2H])([2H])c1ccc(-n2[c](=[Pt])n(C([2H])([2H])[2H])c3ccccc32)[c-]c1Oc1[c-]c2c(cc1)c1cc3c4cccc5c6ccccc6n(c3cc1n2-c1cc(C)ccn1)c54. The summed E-state index contributed by atoms with van der Waals surface area (Å²) in [6.07, 6.45) is 1.79. The standard InChI is InChI=1S/C45H29N5O.Pt/c1-27-19-20-46-44(21-27)49-40-23-30(51-43-22-29(16-15-28(43)2)48-26-47(3)38-13-6-7-14-39(38)48)17-18-32(40)35-24-36-34-11-8-10-33-31-9-4-5-12-37(31)50(45(33)34)42(36)25-41(35)49;/h4-21,24-25H,1-3H3;/q-2;/i2D3,3D3;. The van der Waals surface area contributed by atoms with Gasteiger partial charge >= 0.3 is 209 Å². The fraction of sp³-hybridized carbons (Fsp3) is 0.0667. The summed E-state index contributed by atoms with van der Waals surface area (Å²) in [6, 6.07) is 44.2. The second-order valence-corrected chi connectivity index (χ2v) is 14.2. The van der Waals surface area contributed by atoms with Crippen molar-refractivity contribution in [3.8, 4) is 23.0 Å². The van der Waals surface area contributed by atoms with Crippen LogP contribution in [-0.2, 0) is 26.3 Å². The van der Waals surface area contributed by atoms with Crippen molar-refractivity contribution < 1.29 is 32.3 Å². The maximum atomic E-state index is 8.40. The normalized spacial score (nSPS) is 14.4. The van der Waals surface area contributed by atoms with Gasteiger partial charge in [0.2, 0.25) is 0 Å². The topological polar surface area (TPSA) is 41.3 Å². The number of imidazole rings is 1. The zero-order valence-electron chi connectivity index (χ0n) is 33.5. The van der Waals surface area contributed by atoms with Crippen LogP contribution in [0.2, 0.25) is 0 Å². The van der Waals surface area contributed by atoms with E-state index in [1.165, 1.54) is 32.3 Å². The summed E-state index contributed by atoms with van der Waals surface area (Å²) in [5, 5.41) is 6.67. The molecule has 0 amide bonds. The molecule has 6 aromatic carbocycles. The summed E-state index contributed by atoms with van der Waals surface area (Å²) in [5.41, 5.74) is 7.61. The first-order valence-corrected chi connectivity index (χ1v) is 17.9. The summed E-state index contributed by atoms with van der Waals surface area (Å²) < 4.78 is 64.3. The van der Waals surface area contributed by atoms with Gasteiger partial charge in [-0.2, -0.15) is 0 Å². The summed E-state index contributed by atoms with van der Waals surface area (Å²) in [7, 11) is 0. The van der Waals surface area contributed by atoms with Crippen molar-refractivity contribution in [2.45, 2.75) is 13.8 Å². The summed E-state index contributed by atoms with van der Waals surface area (Å²) in [4.78, 5) is 4.82. The van der Waals surface area contributed by atoms with E-state index in [9.17, 15) is 0 Å². The summed E-state index contributed by atoms with van der Waals surface area (Å²) in [5.74, 6) is 0.974. The van der Waals surface area contributed by atoms with Gasteiger partial charge < -0.3 is 4.40 Å². The molecular weight excluding hydrogens is 822 g/mol. The van der Waals surface area contributed by atoms with Crippen molar-refractivity contribution in [1.29, 1.82) is 0 Å². The van der Waals surface area contributed by atoms with E-state index < -0.39 is 13.8 Å². The second kappa shape index (κ2) is 10.8. The number of aryl methyl sites for hydroxylation is 3. The number of para-hydroxylation sites is 4. The van der Waals surface area contributed by atoms with Crippen molar-refractivity contribution in [3.05, 3.63) is 149 Å². The molecule has 7 heteroatoms. The molecule has 6 nitrogen and oxygen atoms in total. The van der Waals surface area contributed by atoms with Crippen LogP contribution in [0.3, 0.4) is 0 Å². The summed E-state index contributed by atoms with van der Waals surface area (Å²) >= 11 is 1.98. The number of hydrogen-bond acceptors (Lipinski definition) is 2. The van der Waals surface area contributed by atoms with Crippen molar-refractivity contribution >= 4 is 70.9 Å². The molecule has 0 unspecified atom stereocenters. The Kier molecular flexibility index (Phi) is 5.02. The van der Waals surface area contributed by atoms with Crippen LogP contribution < -0.4 is 4.74 Å². The fourth-order valence-electron chi connectivity index (χ4n) is 7.91. The zero-order valence-corrected chi connectivity index (χ0v) is 29.8. The summed E-state index contributed by atoms with van der Waals surface area (Å²) in [6.45, 7) is -2.97. The third-order valence-electron chi connectivity index (χ3n) is 10.2. The molecular formula is C45H29N5OPt-2. The molecule has 0 aliphatic heterocycles. The van der Waals surface area contributed by atoms with E-state index in [1.54, 1.807) is 35.0 Å². The fourth-order valence-corrected chi connectivity index (χ4v) is 8.74. The Morgan fingerprint density at radius 3 is 2.31 bits per heavy atom. The number of hydrogen-bond donors (Lipinski definition) is 0. The Morgan fingerprint density at radius 1 is 0.673 bits per heavy atom. The van der Waals surface area contributed by atoms with Crippen LogP contribution in [-0.4, -0.2) is 23.1 Å². The maximum absolute atomic E-state index is 8.40. The van der Waals surface area contributed by atoms with E-state index in [-0.39, 0.29) is 17.1 Å². The number of fused-ring (bicyclic) bond motifs is 10. The average Bonchev–Trinajstić information content (AvgIpc) is 3.89. The molecule has 0 saturated heterocycles. The third kappa shape index (κ3) is 4.04. The number of benzene rings is 6. The molecule has 0 fully saturated rings. The smallest absolute Gasteiger partial charge is 0.0459 e. The molecule has 5 aromatic heterocycles. The Labute approximate surface area is 317 Å². The quantitative estimate of drug-likeness (QED) is 0.166. The van der Waals surface area contributed by atoms with Crippen LogP contribution in [0.1, 0.15) is 19.4 Å². The van der Waals surface area contributed by atoms with E-state index in [2.05, 4.69) is 75.7 Å². The molecule has 52 heavy (non-hydrogen) atoms. The van der Waals surface area contributed by atoms with Gasteiger partial charge in [0.25, 0.3) is 0 Å². The minimum atomic E-state index is -2.54. The van der Waals surface area contributed by atoms with Crippen LogP contribution in [0.5, 0.6) is 11.5 Å². The van der Waals surface area contributed by atoms with Gasteiger partial charge in [-0.3, -0.25) is 0 Å². The third-order valence-corrected chi connectivity index (χ3v) is 11.2. The molecule has 252 valence electrons. The van der Waals surface area contributed by atoms with Crippen molar-refractivity contribution in [2.75, 3.05) is 0 Å². The molecule has 0 bridgehead atoms. The molecule has 0 aliphatic carbocycles. The second-order valence-electron chi connectivity index (χ2n) is 13.1. The van der Waals surface area contributed by atoms with E-state index in [0.717, 1.165) is 38.3 Å². The molecule has 11 rings (SSSR count). The minimum Gasteiger partial charge on any atom is -0.0459 e. The Hall–Kier alpha value is -5.97. The van der Waals surface area contributed by atoms with Crippen molar-refractivity contribution in [2.24, 2.45) is 6.98 Å². The van der Waals surface area contributed by atoms with Gasteiger partial charge in [0.1, 0.15) is 0 Å². The van der Waals surface area contributed by atoms with Crippen LogP contribution in [0, 0.1) is 29.7 Å². The van der Waals surface area contributed by atoms with Crippen molar-refractivity contribution in [1.82, 2.24) is 23.1 Å².